The summed E-state index contributed by atoms with van der Waals surface area (Å²) in [6.07, 6.45) is 2.01. The summed E-state index contributed by atoms with van der Waals surface area (Å²) in [5, 5.41) is 4.15. The predicted octanol–water partition coefficient (Wildman–Crippen LogP) is 2.91. The van der Waals surface area contributed by atoms with Gasteiger partial charge in [0.15, 0.2) is 4.73 Å². The van der Waals surface area contributed by atoms with E-state index in [0.717, 1.165) is 10.4 Å². The van der Waals surface area contributed by atoms with Gasteiger partial charge in [0.1, 0.15) is 0 Å². The zero-order valence-electron chi connectivity index (χ0n) is 6.49. The van der Waals surface area contributed by atoms with Crippen molar-refractivity contribution in [3.05, 3.63) is 27.8 Å². The monoisotopic (exact) mass is 242 g/mol. The highest BCUT2D eigenvalue weighted by atomic mass is 79.9. The van der Waals surface area contributed by atoms with Gasteiger partial charge < -0.3 is 4.57 Å². The summed E-state index contributed by atoms with van der Waals surface area (Å²) in [4.78, 5) is 4.34. The van der Waals surface area contributed by atoms with E-state index in [0.29, 0.717) is 0 Å². The van der Waals surface area contributed by atoms with Crippen molar-refractivity contribution in [3.8, 4) is 11.3 Å². The zero-order chi connectivity index (χ0) is 8.55. The van der Waals surface area contributed by atoms with Crippen molar-refractivity contribution in [3.63, 3.8) is 0 Å². The van der Waals surface area contributed by atoms with Crippen LogP contribution in [0.4, 0.5) is 0 Å². The zero-order valence-corrected chi connectivity index (χ0v) is 8.89. The normalized spacial score (nSPS) is 10.5. The molecule has 0 radical (unpaired) electrons. The average molecular weight is 243 g/mol. The number of imidazole rings is 1. The number of halogens is 1. The average Bonchev–Trinajstić information content (AvgIpc) is 2.61. The van der Waals surface area contributed by atoms with Crippen LogP contribution >= 0.6 is 27.3 Å². The van der Waals surface area contributed by atoms with Crippen LogP contribution in [0.25, 0.3) is 11.3 Å². The molecule has 0 aliphatic heterocycles. The summed E-state index contributed by atoms with van der Waals surface area (Å²) in [6, 6.07) is 2.07. The SMILES string of the molecule is Cn1cc(-c2ccsc2)nc1Br. The molecule has 0 atom stereocenters. The maximum Gasteiger partial charge on any atom is 0.177 e. The molecule has 2 rings (SSSR count). The van der Waals surface area contributed by atoms with Crippen LogP contribution in [-0.2, 0) is 7.05 Å². The van der Waals surface area contributed by atoms with Gasteiger partial charge in [-0.3, -0.25) is 0 Å². The summed E-state index contributed by atoms with van der Waals surface area (Å²) in [5.41, 5.74) is 2.20. The number of aryl methyl sites for hydroxylation is 1. The van der Waals surface area contributed by atoms with Gasteiger partial charge in [-0.25, -0.2) is 4.98 Å². The van der Waals surface area contributed by atoms with Crippen molar-refractivity contribution in [2.75, 3.05) is 0 Å². The molecule has 0 aliphatic carbocycles. The number of hydrogen-bond acceptors (Lipinski definition) is 2. The Morgan fingerprint density at radius 1 is 1.58 bits per heavy atom. The molecule has 0 N–H and O–H groups in total. The largest absolute Gasteiger partial charge is 0.328 e. The Labute approximate surface area is 83.0 Å². The van der Waals surface area contributed by atoms with E-state index in [1.807, 2.05) is 17.8 Å². The minimum Gasteiger partial charge on any atom is -0.328 e. The van der Waals surface area contributed by atoms with E-state index in [2.05, 4.69) is 37.7 Å². The van der Waals surface area contributed by atoms with Crippen LogP contribution in [0.3, 0.4) is 0 Å². The highest BCUT2D eigenvalue weighted by Crippen LogP contribution is 2.22. The first-order valence-electron chi connectivity index (χ1n) is 3.49. The molecule has 0 fully saturated rings. The molecule has 4 heteroatoms. The van der Waals surface area contributed by atoms with E-state index in [-0.39, 0.29) is 0 Å². The quantitative estimate of drug-likeness (QED) is 0.752. The summed E-state index contributed by atoms with van der Waals surface area (Å²) in [7, 11) is 1.97. The van der Waals surface area contributed by atoms with Gasteiger partial charge in [-0.15, -0.1) is 0 Å². The molecular weight excluding hydrogens is 236 g/mol. The minimum absolute atomic E-state index is 0.865. The summed E-state index contributed by atoms with van der Waals surface area (Å²) in [6.45, 7) is 0. The first kappa shape index (κ1) is 8.01. The van der Waals surface area contributed by atoms with Crippen LogP contribution in [0.5, 0.6) is 0 Å². The summed E-state index contributed by atoms with van der Waals surface area (Å²) < 4.78 is 2.82. The van der Waals surface area contributed by atoms with Crippen molar-refractivity contribution >= 4 is 27.3 Å². The predicted molar refractivity (Wildman–Crippen MR) is 54.2 cm³/mol. The lowest BCUT2D eigenvalue weighted by atomic mass is 10.3. The van der Waals surface area contributed by atoms with E-state index in [1.165, 1.54) is 5.56 Å². The van der Waals surface area contributed by atoms with Crippen LogP contribution in [0.1, 0.15) is 0 Å². The first-order chi connectivity index (χ1) is 5.77. The van der Waals surface area contributed by atoms with E-state index in [9.17, 15) is 0 Å². The van der Waals surface area contributed by atoms with E-state index < -0.39 is 0 Å². The maximum atomic E-state index is 4.34. The van der Waals surface area contributed by atoms with Crippen LogP contribution in [0.2, 0.25) is 0 Å². The molecule has 2 aromatic heterocycles. The molecule has 12 heavy (non-hydrogen) atoms. The second kappa shape index (κ2) is 3.03. The third-order valence-electron chi connectivity index (χ3n) is 1.64. The number of thiophene rings is 1. The fourth-order valence-corrected chi connectivity index (χ4v) is 1.94. The van der Waals surface area contributed by atoms with Crippen LogP contribution in [-0.4, -0.2) is 9.55 Å². The molecule has 2 aromatic rings. The molecule has 2 heterocycles. The fourth-order valence-electron chi connectivity index (χ4n) is 0.993. The second-order valence-corrected chi connectivity index (χ2v) is 4.01. The Morgan fingerprint density at radius 3 is 2.92 bits per heavy atom. The van der Waals surface area contributed by atoms with Crippen molar-refractivity contribution < 1.29 is 0 Å². The van der Waals surface area contributed by atoms with Crippen LogP contribution in [0, 0.1) is 0 Å². The highest BCUT2D eigenvalue weighted by molar-refractivity contribution is 9.10. The second-order valence-electron chi connectivity index (χ2n) is 2.52. The number of hydrogen-bond donors (Lipinski definition) is 0. The van der Waals surface area contributed by atoms with E-state index in [4.69, 9.17) is 0 Å². The van der Waals surface area contributed by atoms with Crippen LogP contribution in [0.15, 0.2) is 27.8 Å². The van der Waals surface area contributed by atoms with Gasteiger partial charge in [0.2, 0.25) is 0 Å². The Hall–Kier alpha value is -0.610. The molecule has 0 bridgehead atoms. The lowest BCUT2D eigenvalue weighted by Gasteiger charge is -1.86. The number of nitrogens with zero attached hydrogens (tertiary/aromatic N) is 2. The molecule has 2 nitrogen and oxygen atoms in total. The smallest absolute Gasteiger partial charge is 0.177 e. The van der Waals surface area contributed by atoms with Gasteiger partial charge in [0.05, 0.1) is 5.69 Å². The van der Waals surface area contributed by atoms with Crippen molar-refractivity contribution in [1.82, 2.24) is 9.55 Å². The number of aromatic nitrogens is 2. The maximum absolute atomic E-state index is 4.34. The molecule has 0 aromatic carbocycles. The standard InChI is InChI=1S/C8H7BrN2S/c1-11-4-7(10-8(11)9)6-2-3-12-5-6/h2-5H,1H3. The van der Waals surface area contributed by atoms with Gasteiger partial charge in [-0.2, -0.15) is 11.3 Å². The van der Waals surface area contributed by atoms with Gasteiger partial charge in [0.25, 0.3) is 0 Å². The van der Waals surface area contributed by atoms with E-state index >= 15 is 0 Å². The lowest BCUT2D eigenvalue weighted by Crippen LogP contribution is -1.82. The van der Waals surface area contributed by atoms with Gasteiger partial charge in [0, 0.05) is 24.2 Å². The molecule has 0 spiro atoms. The highest BCUT2D eigenvalue weighted by Gasteiger charge is 2.03. The Balaban J connectivity index is 2.48. The van der Waals surface area contributed by atoms with Gasteiger partial charge >= 0.3 is 0 Å². The van der Waals surface area contributed by atoms with Crippen molar-refractivity contribution in [2.24, 2.45) is 7.05 Å². The Morgan fingerprint density at radius 2 is 2.42 bits per heavy atom. The fraction of sp³-hybridized carbons (Fsp3) is 0.125. The van der Waals surface area contributed by atoms with Crippen molar-refractivity contribution in [1.29, 1.82) is 0 Å². The molecule has 0 unspecified atom stereocenters. The van der Waals surface area contributed by atoms with Crippen molar-refractivity contribution in [2.45, 2.75) is 0 Å². The molecule has 0 amide bonds. The van der Waals surface area contributed by atoms with E-state index in [1.54, 1.807) is 11.3 Å². The lowest BCUT2D eigenvalue weighted by molar-refractivity contribution is 0.881. The third kappa shape index (κ3) is 1.32. The summed E-state index contributed by atoms with van der Waals surface area (Å²) >= 11 is 5.04. The van der Waals surface area contributed by atoms with Gasteiger partial charge in [-0.1, -0.05) is 0 Å². The molecule has 0 aliphatic rings. The summed E-state index contributed by atoms with van der Waals surface area (Å²) in [5.74, 6) is 0. The third-order valence-corrected chi connectivity index (χ3v) is 3.06. The molecule has 0 saturated carbocycles. The number of rotatable bonds is 1. The Kier molecular flexibility index (Phi) is 2.02. The van der Waals surface area contributed by atoms with Gasteiger partial charge in [-0.05, 0) is 27.4 Å². The molecule has 62 valence electrons. The van der Waals surface area contributed by atoms with Crippen LogP contribution < -0.4 is 0 Å². The molecule has 0 saturated heterocycles. The molecular formula is C8H7BrN2S. The first-order valence-corrected chi connectivity index (χ1v) is 5.22. The topological polar surface area (TPSA) is 17.8 Å². The minimum atomic E-state index is 0.865. The Bertz CT molecular complexity index is 358.